The molecular formula is C23H29FN8O2. The standard InChI is InChI=1S/C23H29FN8O2/c1-22(3-5-31(13-22)23(14-33)10-17(23)24)32-4-2-16-18(15-11-26-20(25)27-12-15)28-21(29-19(16)32)30-6-8-34-9-7-30/h11-12,14,17H,2-10,13H2,1H3,(H2,25,26,27)/t17-,22+,23-/m1/s1. The molecular weight excluding hydrogens is 439 g/mol. The first-order chi connectivity index (χ1) is 16.4. The maximum atomic E-state index is 14.1. The van der Waals surface area contributed by atoms with Crippen LogP contribution in [0.1, 0.15) is 25.3 Å². The number of carbonyl (C=O) groups excluding carboxylic acids is 1. The first-order valence-corrected chi connectivity index (χ1v) is 11.9. The van der Waals surface area contributed by atoms with Crippen LogP contribution in [0.4, 0.5) is 22.1 Å². The molecule has 2 saturated heterocycles. The van der Waals surface area contributed by atoms with E-state index in [0.29, 0.717) is 38.7 Å². The van der Waals surface area contributed by atoms with E-state index in [-0.39, 0.29) is 11.5 Å². The number of nitrogens with two attached hydrogens (primary N) is 1. The van der Waals surface area contributed by atoms with E-state index >= 15 is 0 Å². The van der Waals surface area contributed by atoms with E-state index in [2.05, 4.69) is 26.7 Å². The van der Waals surface area contributed by atoms with Crippen LogP contribution in [-0.2, 0) is 16.0 Å². The highest BCUT2D eigenvalue weighted by Gasteiger charge is 2.62. The van der Waals surface area contributed by atoms with Crippen LogP contribution in [0.3, 0.4) is 0 Å². The van der Waals surface area contributed by atoms with Crippen LogP contribution in [0.15, 0.2) is 12.4 Å². The van der Waals surface area contributed by atoms with Gasteiger partial charge in [0.1, 0.15) is 23.8 Å². The highest BCUT2D eigenvalue weighted by atomic mass is 19.1. The Balaban J connectivity index is 1.39. The lowest BCUT2D eigenvalue weighted by atomic mass is 9.99. The second-order valence-corrected chi connectivity index (χ2v) is 9.95. The van der Waals surface area contributed by atoms with Crippen molar-refractivity contribution in [2.24, 2.45) is 0 Å². The van der Waals surface area contributed by atoms with Crippen LogP contribution in [0.5, 0.6) is 0 Å². The summed E-state index contributed by atoms with van der Waals surface area (Å²) in [5, 5.41) is 0. The van der Waals surface area contributed by atoms with Gasteiger partial charge >= 0.3 is 0 Å². The van der Waals surface area contributed by atoms with Crippen molar-refractivity contribution in [3.8, 4) is 11.3 Å². The summed E-state index contributed by atoms with van der Waals surface area (Å²) in [7, 11) is 0. The molecule has 0 radical (unpaired) electrons. The van der Waals surface area contributed by atoms with Crippen molar-refractivity contribution < 1.29 is 13.9 Å². The Labute approximate surface area is 197 Å². The van der Waals surface area contributed by atoms with Gasteiger partial charge in [-0.05, 0) is 19.8 Å². The number of morpholine rings is 1. The van der Waals surface area contributed by atoms with Gasteiger partial charge in [-0.15, -0.1) is 0 Å². The number of alkyl halides is 1. The summed E-state index contributed by atoms with van der Waals surface area (Å²) >= 11 is 0. The van der Waals surface area contributed by atoms with Gasteiger partial charge in [0.05, 0.1) is 24.4 Å². The monoisotopic (exact) mass is 468 g/mol. The number of hydrogen-bond acceptors (Lipinski definition) is 10. The Hall–Kier alpha value is -2.92. The van der Waals surface area contributed by atoms with Crippen molar-refractivity contribution in [2.45, 2.75) is 43.4 Å². The largest absolute Gasteiger partial charge is 0.378 e. The van der Waals surface area contributed by atoms with E-state index in [1.165, 1.54) is 0 Å². The molecule has 0 bridgehead atoms. The van der Waals surface area contributed by atoms with Gasteiger partial charge < -0.3 is 25.1 Å². The molecule has 1 aliphatic carbocycles. The summed E-state index contributed by atoms with van der Waals surface area (Å²) in [5.41, 5.74) is 7.22. The van der Waals surface area contributed by atoms with Crippen molar-refractivity contribution in [2.75, 3.05) is 61.5 Å². The molecule has 2 aromatic heterocycles. The molecule has 0 spiro atoms. The molecule has 5 heterocycles. The number of carbonyl (C=O) groups is 1. The average Bonchev–Trinajstić information content (AvgIpc) is 3.16. The Morgan fingerprint density at radius 3 is 2.59 bits per heavy atom. The van der Waals surface area contributed by atoms with Crippen LogP contribution < -0.4 is 15.5 Å². The molecule has 10 nitrogen and oxygen atoms in total. The summed E-state index contributed by atoms with van der Waals surface area (Å²) in [5.74, 6) is 1.79. The number of aldehydes is 1. The molecule has 0 unspecified atom stereocenters. The first-order valence-electron chi connectivity index (χ1n) is 11.9. The maximum absolute atomic E-state index is 14.1. The summed E-state index contributed by atoms with van der Waals surface area (Å²) in [4.78, 5) is 36.6. The number of likely N-dealkylation sites (tertiary alicyclic amines) is 1. The highest BCUT2D eigenvalue weighted by molar-refractivity contribution is 5.74. The molecule has 6 rings (SSSR count). The minimum Gasteiger partial charge on any atom is -0.378 e. The number of hydrogen-bond donors (Lipinski definition) is 1. The van der Waals surface area contributed by atoms with Crippen molar-refractivity contribution in [3.05, 3.63) is 18.0 Å². The van der Waals surface area contributed by atoms with Crippen molar-refractivity contribution in [1.82, 2.24) is 24.8 Å². The molecule has 34 heavy (non-hydrogen) atoms. The van der Waals surface area contributed by atoms with Crippen LogP contribution in [-0.4, -0.2) is 94.3 Å². The number of anilines is 3. The van der Waals surface area contributed by atoms with E-state index in [1.54, 1.807) is 12.4 Å². The fourth-order valence-corrected chi connectivity index (χ4v) is 5.65. The zero-order chi connectivity index (χ0) is 23.5. The van der Waals surface area contributed by atoms with Crippen LogP contribution in [0, 0.1) is 0 Å². The number of aromatic nitrogens is 4. The average molecular weight is 469 g/mol. The third-order valence-corrected chi connectivity index (χ3v) is 7.84. The zero-order valence-electron chi connectivity index (χ0n) is 19.3. The van der Waals surface area contributed by atoms with Gasteiger partial charge in [-0.2, -0.15) is 4.98 Å². The maximum Gasteiger partial charge on any atom is 0.228 e. The smallest absolute Gasteiger partial charge is 0.228 e. The minimum atomic E-state index is -1.06. The number of rotatable bonds is 5. The van der Waals surface area contributed by atoms with Crippen LogP contribution in [0.2, 0.25) is 0 Å². The number of halogens is 1. The Bertz CT molecular complexity index is 1110. The molecule has 2 aromatic rings. The van der Waals surface area contributed by atoms with Gasteiger partial charge in [0.15, 0.2) is 0 Å². The van der Waals surface area contributed by atoms with Crippen molar-refractivity contribution >= 4 is 24.0 Å². The molecule has 4 aliphatic rings. The number of nitrogens with zero attached hydrogens (tertiary/aromatic N) is 7. The molecule has 0 aromatic carbocycles. The molecule has 0 amide bonds. The fourth-order valence-electron chi connectivity index (χ4n) is 5.65. The topological polar surface area (TPSA) is 114 Å². The van der Waals surface area contributed by atoms with Gasteiger partial charge in [0, 0.05) is 62.7 Å². The summed E-state index contributed by atoms with van der Waals surface area (Å²) < 4.78 is 19.7. The molecule has 180 valence electrons. The van der Waals surface area contributed by atoms with Gasteiger partial charge in [-0.3, -0.25) is 4.90 Å². The van der Waals surface area contributed by atoms with Crippen LogP contribution >= 0.6 is 0 Å². The van der Waals surface area contributed by atoms with E-state index in [4.69, 9.17) is 20.4 Å². The minimum absolute atomic E-state index is 0.221. The lowest BCUT2D eigenvalue weighted by Crippen LogP contribution is -2.50. The SMILES string of the molecule is C[C@]1(N2CCc3c(-c4cnc(N)nc4)nc(N4CCOCC4)nc32)CCN([C@@]2(C=O)C[C@H]2F)C1. The van der Waals surface area contributed by atoms with Crippen molar-refractivity contribution in [3.63, 3.8) is 0 Å². The van der Waals surface area contributed by atoms with Gasteiger partial charge in [-0.1, -0.05) is 0 Å². The zero-order valence-corrected chi connectivity index (χ0v) is 19.3. The van der Waals surface area contributed by atoms with E-state index in [9.17, 15) is 9.18 Å². The predicted octanol–water partition coefficient (Wildman–Crippen LogP) is 0.859. The summed E-state index contributed by atoms with van der Waals surface area (Å²) in [6.45, 7) is 7.02. The Kier molecular flexibility index (Phi) is 4.96. The second kappa shape index (κ2) is 7.81. The Morgan fingerprint density at radius 1 is 1.18 bits per heavy atom. The molecule has 3 aliphatic heterocycles. The summed E-state index contributed by atoms with van der Waals surface area (Å²) in [6.07, 6.45) is 5.08. The molecule has 2 N–H and O–H groups in total. The third-order valence-electron chi connectivity index (χ3n) is 7.84. The molecule has 3 fully saturated rings. The van der Waals surface area contributed by atoms with E-state index in [0.717, 1.165) is 61.4 Å². The van der Waals surface area contributed by atoms with Crippen molar-refractivity contribution in [1.29, 1.82) is 0 Å². The van der Waals surface area contributed by atoms with E-state index in [1.807, 2.05) is 4.90 Å². The normalized spacial score (nSPS) is 31.1. The molecule has 11 heteroatoms. The summed E-state index contributed by atoms with van der Waals surface area (Å²) in [6, 6.07) is 0. The fraction of sp³-hybridized carbons (Fsp3) is 0.609. The third kappa shape index (κ3) is 3.32. The number of nitrogen functional groups attached to an aromatic ring is 1. The Morgan fingerprint density at radius 2 is 1.91 bits per heavy atom. The van der Waals surface area contributed by atoms with E-state index < -0.39 is 11.7 Å². The highest BCUT2D eigenvalue weighted by Crippen LogP contribution is 2.48. The lowest BCUT2D eigenvalue weighted by Gasteiger charge is -2.38. The quantitative estimate of drug-likeness (QED) is 0.634. The molecule has 3 atom stereocenters. The lowest BCUT2D eigenvalue weighted by molar-refractivity contribution is -0.114. The predicted molar refractivity (Wildman–Crippen MR) is 124 cm³/mol. The number of ether oxygens (including phenoxy) is 1. The van der Waals surface area contributed by atoms with Crippen LogP contribution in [0.25, 0.3) is 11.3 Å². The number of fused-ring (bicyclic) bond motifs is 1. The van der Waals surface area contributed by atoms with Gasteiger partial charge in [0.2, 0.25) is 11.9 Å². The first kappa shape index (κ1) is 21.6. The van der Waals surface area contributed by atoms with Gasteiger partial charge in [0.25, 0.3) is 0 Å². The second-order valence-electron chi connectivity index (χ2n) is 9.95. The molecule has 1 saturated carbocycles. The van der Waals surface area contributed by atoms with Gasteiger partial charge in [-0.25, -0.2) is 19.3 Å².